The van der Waals surface area contributed by atoms with E-state index in [0.717, 1.165) is 17.1 Å². The predicted octanol–water partition coefficient (Wildman–Crippen LogP) is 5.27. The fourth-order valence-corrected chi connectivity index (χ4v) is 3.95. The Morgan fingerprint density at radius 3 is 2.31 bits per heavy atom. The van der Waals surface area contributed by atoms with Crippen molar-refractivity contribution < 1.29 is 9.53 Å². The van der Waals surface area contributed by atoms with Crippen LogP contribution in [0.25, 0.3) is 5.69 Å². The Bertz CT molecular complexity index is 1160. The molecule has 6 nitrogen and oxygen atoms in total. The van der Waals surface area contributed by atoms with Crippen LogP contribution in [0, 0.1) is 6.92 Å². The maximum Gasteiger partial charge on any atom is 0.237 e. The summed E-state index contributed by atoms with van der Waals surface area (Å²) in [5.41, 5.74) is 2.85. The maximum atomic E-state index is 12.7. The topological polar surface area (TPSA) is 69.0 Å². The van der Waals surface area contributed by atoms with Crippen molar-refractivity contribution in [3.63, 3.8) is 0 Å². The lowest BCUT2D eigenvalue weighted by atomic mass is 10.2. The number of amides is 1. The summed E-state index contributed by atoms with van der Waals surface area (Å²) in [6, 6.07) is 27.1. The number of nitrogens with one attached hydrogen (secondary N) is 1. The van der Waals surface area contributed by atoms with Crippen LogP contribution in [-0.4, -0.2) is 25.9 Å². The van der Waals surface area contributed by atoms with Crippen LogP contribution in [0.4, 0.5) is 5.69 Å². The zero-order valence-corrected chi connectivity index (χ0v) is 18.8. The maximum absolute atomic E-state index is 12.7. The molecule has 32 heavy (non-hydrogen) atoms. The van der Waals surface area contributed by atoms with Crippen molar-refractivity contribution in [3.05, 3.63) is 96.3 Å². The summed E-state index contributed by atoms with van der Waals surface area (Å²) >= 11 is 1.36. The summed E-state index contributed by atoms with van der Waals surface area (Å²) in [5, 5.41) is 11.9. The first-order chi connectivity index (χ1) is 15.6. The minimum absolute atomic E-state index is 0.0960. The van der Waals surface area contributed by atoms with E-state index >= 15 is 0 Å². The van der Waals surface area contributed by atoms with Crippen molar-refractivity contribution in [1.29, 1.82) is 0 Å². The Labute approximate surface area is 191 Å². The number of hydrogen-bond acceptors (Lipinski definition) is 5. The molecule has 0 aliphatic heterocycles. The number of rotatable bonds is 8. The van der Waals surface area contributed by atoms with Gasteiger partial charge in [0.15, 0.2) is 11.0 Å². The molecule has 0 aliphatic carbocycles. The van der Waals surface area contributed by atoms with Gasteiger partial charge in [0.2, 0.25) is 5.91 Å². The normalized spacial score (nSPS) is 11.7. The SMILES string of the molecule is Cc1ccc(OCc2nnc(SC(C)C(=O)Nc3ccccc3)n2-c2ccccc2)cc1. The second kappa shape index (κ2) is 10.2. The number of aryl methyl sites for hydroxylation is 1. The monoisotopic (exact) mass is 444 g/mol. The smallest absolute Gasteiger partial charge is 0.237 e. The molecular formula is C25H24N4O2S. The highest BCUT2D eigenvalue weighted by molar-refractivity contribution is 8.00. The Kier molecular flexibility index (Phi) is 6.87. The lowest BCUT2D eigenvalue weighted by Crippen LogP contribution is -2.22. The highest BCUT2D eigenvalue weighted by Gasteiger charge is 2.21. The van der Waals surface area contributed by atoms with Gasteiger partial charge in [0, 0.05) is 11.4 Å². The lowest BCUT2D eigenvalue weighted by molar-refractivity contribution is -0.115. The summed E-state index contributed by atoms with van der Waals surface area (Å²) in [7, 11) is 0. The van der Waals surface area contributed by atoms with Crippen molar-refractivity contribution in [2.75, 3.05) is 5.32 Å². The highest BCUT2D eigenvalue weighted by Crippen LogP contribution is 2.27. The van der Waals surface area contributed by atoms with Gasteiger partial charge >= 0.3 is 0 Å². The third-order valence-corrected chi connectivity index (χ3v) is 5.84. The zero-order chi connectivity index (χ0) is 22.3. The van der Waals surface area contributed by atoms with Crippen LogP contribution in [-0.2, 0) is 11.4 Å². The fourth-order valence-electron chi connectivity index (χ4n) is 3.07. The van der Waals surface area contributed by atoms with Crippen LogP contribution < -0.4 is 10.1 Å². The van der Waals surface area contributed by atoms with Gasteiger partial charge in [-0.3, -0.25) is 9.36 Å². The number of carbonyl (C=O) groups is 1. The summed E-state index contributed by atoms with van der Waals surface area (Å²) in [6.07, 6.45) is 0. The molecule has 0 radical (unpaired) electrons. The quantitative estimate of drug-likeness (QED) is 0.375. The summed E-state index contributed by atoms with van der Waals surface area (Å²) in [5.74, 6) is 1.33. The molecule has 1 N–H and O–H groups in total. The number of hydrogen-bond donors (Lipinski definition) is 1. The van der Waals surface area contributed by atoms with E-state index in [-0.39, 0.29) is 17.8 Å². The highest BCUT2D eigenvalue weighted by atomic mass is 32.2. The number of benzene rings is 3. The Balaban J connectivity index is 1.53. The second-order valence-corrected chi connectivity index (χ2v) is 8.59. The predicted molar refractivity (Wildman–Crippen MR) is 127 cm³/mol. The van der Waals surface area contributed by atoms with Gasteiger partial charge < -0.3 is 10.1 Å². The van der Waals surface area contributed by atoms with Crippen molar-refractivity contribution in [2.24, 2.45) is 0 Å². The number of nitrogens with zero attached hydrogens (tertiary/aromatic N) is 3. The summed E-state index contributed by atoms with van der Waals surface area (Å²) in [4.78, 5) is 12.7. The summed E-state index contributed by atoms with van der Waals surface area (Å²) in [6.45, 7) is 4.15. The molecule has 0 bridgehead atoms. The number of para-hydroxylation sites is 2. The van der Waals surface area contributed by atoms with Crippen LogP contribution in [0.1, 0.15) is 18.3 Å². The van der Waals surface area contributed by atoms with Gasteiger partial charge in [-0.05, 0) is 50.2 Å². The molecule has 0 saturated heterocycles. The molecule has 3 aromatic carbocycles. The molecule has 0 aliphatic rings. The zero-order valence-electron chi connectivity index (χ0n) is 17.9. The van der Waals surface area contributed by atoms with Gasteiger partial charge in [-0.25, -0.2) is 0 Å². The Morgan fingerprint density at radius 2 is 1.62 bits per heavy atom. The van der Waals surface area contributed by atoms with Crippen LogP contribution in [0.3, 0.4) is 0 Å². The number of carbonyl (C=O) groups excluding carboxylic acids is 1. The van der Waals surface area contributed by atoms with Gasteiger partial charge in [-0.15, -0.1) is 10.2 Å². The molecule has 1 amide bonds. The largest absolute Gasteiger partial charge is 0.486 e. The van der Waals surface area contributed by atoms with Crippen LogP contribution in [0.15, 0.2) is 90.1 Å². The number of aromatic nitrogens is 3. The number of anilines is 1. The van der Waals surface area contributed by atoms with Crippen molar-refractivity contribution in [3.8, 4) is 11.4 Å². The third kappa shape index (κ3) is 5.36. The number of ether oxygens (including phenoxy) is 1. The van der Waals surface area contributed by atoms with E-state index in [1.54, 1.807) is 0 Å². The average molecular weight is 445 g/mol. The molecule has 0 fully saturated rings. The Morgan fingerprint density at radius 1 is 0.969 bits per heavy atom. The van der Waals surface area contributed by atoms with E-state index in [1.165, 1.54) is 17.3 Å². The molecule has 7 heteroatoms. The van der Waals surface area contributed by atoms with Crippen molar-refractivity contribution >= 4 is 23.4 Å². The molecule has 0 spiro atoms. The second-order valence-electron chi connectivity index (χ2n) is 7.29. The molecule has 1 unspecified atom stereocenters. The van der Waals surface area contributed by atoms with E-state index in [9.17, 15) is 4.79 Å². The fraction of sp³-hybridized carbons (Fsp3) is 0.160. The van der Waals surface area contributed by atoms with Crippen molar-refractivity contribution in [1.82, 2.24) is 14.8 Å². The molecule has 1 heterocycles. The molecule has 4 aromatic rings. The van der Waals surface area contributed by atoms with E-state index in [1.807, 2.05) is 103 Å². The van der Waals surface area contributed by atoms with E-state index in [0.29, 0.717) is 11.0 Å². The standard InChI is InChI=1S/C25H24N4O2S/c1-18-13-15-22(16-14-18)31-17-23-27-28-25(29(23)21-11-7-4-8-12-21)32-19(2)24(30)26-20-9-5-3-6-10-20/h3-16,19H,17H2,1-2H3,(H,26,30). The van der Waals surface area contributed by atoms with Gasteiger partial charge in [0.05, 0.1) is 5.25 Å². The molecule has 1 aromatic heterocycles. The van der Waals surface area contributed by atoms with Crippen LogP contribution in [0.5, 0.6) is 5.75 Å². The molecular weight excluding hydrogens is 420 g/mol. The third-order valence-electron chi connectivity index (χ3n) is 4.80. The van der Waals surface area contributed by atoms with E-state index in [2.05, 4.69) is 15.5 Å². The minimum atomic E-state index is -0.368. The van der Waals surface area contributed by atoms with Gasteiger partial charge in [-0.2, -0.15) is 0 Å². The van der Waals surface area contributed by atoms with Crippen molar-refractivity contribution in [2.45, 2.75) is 30.9 Å². The van der Waals surface area contributed by atoms with Crippen LogP contribution >= 0.6 is 11.8 Å². The molecule has 1 atom stereocenters. The lowest BCUT2D eigenvalue weighted by Gasteiger charge is -2.14. The number of thioether (sulfide) groups is 1. The van der Waals surface area contributed by atoms with Gasteiger partial charge in [0.25, 0.3) is 0 Å². The first-order valence-corrected chi connectivity index (χ1v) is 11.2. The van der Waals surface area contributed by atoms with E-state index in [4.69, 9.17) is 4.74 Å². The minimum Gasteiger partial charge on any atom is -0.486 e. The van der Waals surface area contributed by atoms with E-state index < -0.39 is 0 Å². The Hall–Kier alpha value is -3.58. The molecule has 4 rings (SSSR count). The first kappa shape index (κ1) is 21.6. The van der Waals surface area contributed by atoms with Crippen LogP contribution in [0.2, 0.25) is 0 Å². The van der Waals surface area contributed by atoms with Gasteiger partial charge in [0.1, 0.15) is 12.4 Å². The molecule has 0 saturated carbocycles. The molecule has 162 valence electrons. The first-order valence-electron chi connectivity index (χ1n) is 10.3. The summed E-state index contributed by atoms with van der Waals surface area (Å²) < 4.78 is 7.88. The average Bonchev–Trinajstić information content (AvgIpc) is 3.22. The van der Waals surface area contributed by atoms with Gasteiger partial charge in [-0.1, -0.05) is 65.9 Å².